The van der Waals surface area contributed by atoms with Crippen LogP contribution in [-0.4, -0.2) is 27.3 Å². The lowest BCUT2D eigenvalue weighted by Crippen LogP contribution is -2.30. The van der Waals surface area contributed by atoms with Crippen molar-refractivity contribution in [2.24, 2.45) is 0 Å². The van der Waals surface area contributed by atoms with E-state index in [0.717, 1.165) is 0 Å². The molecule has 0 radical (unpaired) electrons. The quantitative estimate of drug-likeness (QED) is 0.780. The number of nitrogens with one attached hydrogen (secondary N) is 1. The second-order valence-electron chi connectivity index (χ2n) is 3.78. The highest BCUT2D eigenvalue weighted by Crippen LogP contribution is 2.15. The Morgan fingerprint density at radius 1 is 1.65 bits per heavy atom. The predicted molar refractivity (Wildman–Crippen MR) is 56.5 cm³/mol. The first-order valence-electron chi connectivity index (χ1n) is 5.24. The van der Waals surface area contributed by atoms with Gasteiger partial charge in [-0.05, 0) is 6.92 Å². The molecule has 0 fully saturated rings. The van der Waals surface area contributed by atoms with Crippen molar-refractivity contribution < 1.29 is 13.9 Å². The molecule has 0 aromatic carbocycles. The summed E-state index contributed by atoms with van der Waals surface area (Å²) < 4.78 is 19.7. The van der Waals surface area contributed by atoms with Crippen molar-refractivity contribution in [2.45, 2.75) is 26.1 Å². The summed E-state index contributed by atoms with van der Waals surface area (Å²) in [6.07, 6.45) is 0. The summed E-state index contributed by atoms with van der Waals surface area (Å²) in [5.41, 5.74) is 0. The van der Waals surface area contributed by atoms with E-state index in [1.165, 1.54) is 0 Å². The van der Waals surface area contributed by atoms with Gasteiger partial charge in [-0.15, -0.1) is 10.2 Å². The third-order valence-corrected chi connectivity index (χ3v) is 2.53. The molecule has 1 aliphatic heterocycles. The van der Waals surface area contributed by atoms with Gasteiger partial charge in [-0.1, -0.05) is 6.58 Å². The highest BCUT2D eigenvalue weighted by Gasteiger charge is 2.22. The average molecular weight is 240 g/mol. The Hall–Kier alpha value is -1.76. The predicted octanol–water partition coefficient (Wildman–Crippen LogP) is 0.469. The van der Waals surface area contributed by atoms with E-state index < -0.39 is 17.8 Å². The highest BCUT2D eigenvalue weighted by molar-refractivity contribution is 5.90. The fourth-order valence-electron chi connectivity index (χ4n) is 1.68. The van der Waals surface area contributed by atoms with Crippen molar-refractivity contribution in [1.82, 2.24) is 20.1 Å². The maximum atomic E-state index is 12.6. The Labute approximate surface area is 97.5 Å². The first-order chi connectivity index (χ1) is 8.09. The number of nitrogens with zero attached hydrogens (tertiary/aromatic N) is 3. The van der Waals surface area contributed by atoms with Crippen molar-refractivity contribution in [3.63, 3.8) is 0 Å². The van der Waals surface area contributed by atoms with Crippen molar-refractivity contribution in [3.05, 3.63) is 24.1 Å². The maximum Gasteiger partial charge on any atom is 0.279 e. The summed E-state index contributed by atoms with van der Waals surface area (Å²) in [6, 6.07) is -0.422. The van der Waals surface area contributed by atoms with Gasteiger partial charge in [0, 0.05) is 6.54 Å². The Morgan fingerprint density at radius 2 is 2.41 bits per heavy atom. The van der Waals surface area contributed by atoms with Gasteiger partial charge in [-0.25, -0.2) is 4.39 Å². The third-order valence-electron chi connectivity index (χ3n) is 2.53. The largest absolute Gasteiger partial charge is 0.372 e. The van der Waals surface area contributed by atoms with Crippen LogP contribution in [0.15, 0.2) is 12.4 Å². The molecule has 1 aromatic rings. The topological polar surface area (TPSA) is 69.0 Å². The van der Waals surface area contributed by atoms with Crippen molar-refractivity contribution >= 4 is 5.91 Å². The van der Waals surface area contributed by atoms with Gasteiger partial charge in [-0.2, -0.15) is 0 Å². The Morgan fingerprint density at radius 3 is 3.12 bits per heavy atom. The summed E-state index contributed by atoms with van der Waals surface area (Å²) in [5.74, 6) is -0.537. The molecule has 1 aliphatic rings. The fourth-order valence-corrected chi connectivity index (χ4v) is 1.68. The summed E-state index contributed by atoms with van der Waals surface area (Å²) in [7, 11) is 0. The van der Waals surface area contributed by atoms with E-state index in [4.69, 9.17) is 4.74 Å². The second kappa shape index (κ2) is 4.62. The summed E-state index contributed by atoms with van der Waals surface area (Å²) >= 11 is 0. The minimum Gasteiger partial charge on any atom is -0.372 e. The Kier molecular flexibility index (Phi) is 3.19. The molecule has 6 nitrogen and oxygen atoms in total. The first kappa shape index (κ1) is 11.7. The molecular weight excluding hydrogens is 227 g/mol. The van der Waals surface area contributed by atoms with E-state index in [1.54, 1.807) is 6.92 Å². The van der Waals surface area contributed by atoms with Gasteiger partial charge in [0.15, 0.2) is 17.5 Å². The number of amides is 1. The number of hydrogen-bond donors (Lipinski definition) is 1. The van der Waals surface area contributed by atoms with Crippen molar-refractivity contribution in [3.8, 4) is 0 Å². The molecule has 2 heterocycles. The van der Waals surface area contributed by atoms with Crippen LogP contribution in [0.5, 0.6) is 0 Å². The van der Waals surface area contributed by atoms with Gasteiger partial charge >= 0.3 is 0 Å². The van der Waals surface area contributed by atoms with Crippen LogP contribution >= 0.6 is 0 Å². The van der Waals surface area contributed by atoms with E-state index in [2.05, 4.69) is 22.1 Å². The van der Waals surface area contributed by atoms with Crippen molar-refractivity contribution in [2.75, 3.05) is 6.61 Å². The molecule has 17 heavy (non-hydrogen) atoms. The number of aromatic nitrogens is 3. The van der Waals surface area contributed by atoms with Crippen LogP contribution in [-0.2, 0) is 22.7 Å². The van der Waals surface area contributed by atoms with E-state index in [1.807, 2.05) is 4.57 Å². The lowest BCUT2D eigenvalue weighted by molar-refractivity contribution is -0.119. The number of carbonyl (C=O) groups is 1. The molecule has 1 aromatic heterocycles. The number of halogens is 1. The molecule has 0 unspecified atom stereocenters. The minimum atomic E-state index is -1.02. The smallest absolute Gasteiger partial charge is 0.279 e. The lowest BCUT2D eigenvalue weighted by Gasteiger charge is -2.18. The van der Waals surface area contributed by atoms with Crippen molar-refractivity contribution in [1.29, 1.82) is 0 Å². The molecular formula is C10H13FN4O2. The van der Waals surface area contributed by atoms with Crippen LogP contribution in [0.2, 0.25) is 0 Å². The van der Waals surface area contributed by atoms with Crippen LogP contribution < -0.4 is 5.32 Å². The second-order valence-corrected chi connectivity index (χ2v) is 3.78. The van der Waals surface area contributed by atoms with Crippen LogP contribution in [0.4, 0.5) is 4.39 Å². The molecule has 1 N–H and O–H groups in total. The molecule has 2 rings (SSSR count). The molecule has 7 heteroatoms. The Bertz CT molecular complexity index is 457. The Balaban J connectivity index is 2.14. The van der Waals surface area contributed by atoms with Gasteiger partial charge < -0.3 is 14.6 Å². The van der Waals surface area contributed by atoms with Crippen LogP contribution in [0.25, 0.3) is 0 Å². The standard InChI is InChI=1S/C10H13FN4O2/c1-6(11)10(16)12-7(2)9-14-13-8-5-17-4-3-15(8)9/h7H,1,3-5H2,2H3,(H,12,16)/t7-/m0/s1. The monoisotopic (exact) mass is 240 g/mol. The molecule has 0 aliphatic carbocycles. The van der Waals surface area contributed by atoms with Crippen LogP contribution in [0.1, 0.15) is 24.6 Å². The summed E-state index contributed by atoms with van der Waals surface area (Å²) in [4.78, 5) is 11.1. The zero-order chi connectivity index (χ0) is 12.4. The van der Waals surface area contributed by atoms with Gasteiger partial charge in [-0.3, -0.25) is 4.79 Å². The van der Waals surface area contributed by atoms with E-state index in [9.17, 15) is 9.18 Å². The number of carbonyl (C=O) groups excluding carboxylic acids is 1. The summed E-state index contributed by atoms with van der Waals surface area (Å²) in [6.45, 7) is 6.27. The summed E-state index contributed by atoms with van der Waals surface area (Å²) in [5, 5.41) is 10.4. The maximum absolute atomic E-state index is 12.6. The van der Waals surface area contributed by atoms with E-state index in [0.29, 0.717) is 31.4 Å². The SMILES string of the molecule is C=C(F)C(=O)N[C@@H](C)c1nnc2n1CCOC2. The molecule has 0 saturated carbocycles. The van der Waals surface area contributed by atoms with Gasteiger partial charge in [0.2, 0.25) is 0 Å². The van der Waals surface area contributed by atoms with E-state index >= 15 is 0 Å². The fraction of sp³-hybridized carbons (Fsp3) is 0.500. The molecule has 92 valence electrons. The normalized spacial score (nSPS) is 16.1. The molecule has 0 bridgehead atoms. The minimum absolute atomic E-state index is 0.406. The highest BCUT2D eigenvalue weighted by atomic mass is 19.1. The van der Waals surface area contributed by atoms with Gasteiger partial charge in [0.1, 0.15) is 6.61 Å². The average Bonchev–Trinajstić information content (AvgIpc) is 2.72. The number of hydrogen-bond acceptors (Lipinski definition) is 4. The van der Waals surface area contributed by atoms with Crippen LogP contribution in [0, 0.1) is 0 Å². The number of fused-ring (bicyclic) bond motifs is 1. The first-order valence-corrected chi connectivity index (χ1v) is 5.24. The lowest BCUT2D eigenvalue weighted by atomic mass is 10.3. The number of rotatable bonds is 3. The zero-order valence-corrected chi connectivity index (χ0v) is 9.44. The third kappa shape index (κ3) is 2.33. The molecule has 1 amide bonds. The van der Waals surface area contributed by atoms with Gasteiger partial charge in [0.25, 0.3) is 5.91 Å². The van der Waals surface area contributed by atoms with E-state index in [-0.39, 0.29) is 0 Å². The van der Waals surface area contributed by atoms with Crippen LogP contribution in [0.3, 0.4) is 0 Å². The molecule has 0 saturated heterocycles. The van der Waals surface area contributed by atoms with Gasteiger partial charge in [0.05, 0.1) is 12.6 Å². The molecule has 0 spiro atoms. The number of ether oxygens (including phenoxy) is 1. The zero-order valence-electron chi connectivity index (χ0n) is 9.44. The molecule has 1 atom stereocenters.